The maximum Gasteiger partial charge on any atom is 0.130 e. The molecule has 3 heterocycles. The van der Waals surface area contributed by atoms with E-state index in [0.29, 0.717) is 6.04 Å². The molecule has 1 aliphatic heterocycles. The van der Waals surface area contributed by atoms with E-state index in [1.807, 2.05) is 24.5 Å². The summed E-state index contributed by atoms with van der Waals surface area (Å²) >= 11 is 0. The molecule has 4 nitrogen and oxygen atoms in total. The number of rotatable bonds is 2. The first-order chi connectivity index (χ1) is 8.29. The van der Waals surface area contributed by atoms with E-state index in [2.05, 4.69) is 21.3 Å². The average molecular weight is 231 g/mol. The van der Waals surface area contributed by atoms with Gasteiger partial charge in [0.1, 0.15) is 11.6 Å². The van der Waals surface area contributed by atoms with E-state index in [-0.39, 0.29) is 0 Å². The van der Waals surface area contributed by atoms with E-state index in [1.54, 1.807) is 7.11 Å². The van der Waals surface area contributed by atoms with Gasteiger partial charge in [0.2, 0.25) is 0 Å². The van der Waals surface area contributed by atoms with Crippen LogP contribution in [0.5, 0.6) is 5.75 Å². The van der Waals surface area contributed by atoms with Crippen LogP contribution in [0.15, 0.2) is 24.5 Å². The van der Waals surface area contributed by atoms with Crippen molar-refractivity contribution in [3.63, 3.8) is 0 Å². The van der Waals surface area contributed by atoms with Crippen molar-refractivity contribution in [1.82, 2.24) is 14.3 Å². The van der Waals surface area contributed by atoms with Gasteiger partial charge in [-0.15, -0.1) is 0 Å². The fraction of sp³-hybridized carbons (Fsp3) is 0.462. The standard InChI is InChI=1S/C13H17N3O/c1-15-6-3-4-12(15)13-14-9-10-8-11(17-2)5-7-16(10)13/h5,7-9,12H,3-4,6H2,1-2H3. The van der Waals surface area contributed by atoms with Gasteiger partial charge in [0.05, 0.1) is 24.9 Å². The zero-order valence-electron chi connectivity index (χ0n) is 10.3. The van der Waals surface area contributed by atoms with Crippen LogP contribution in [-0.4, -0.2) is 35.0 Å². The predicted octanol–water partition coefficient (Wildman–Crippen LogP) is 2.11. The summed E-state index contributed by atoms with van der Waals surface area (Å²) in [5.41, 5.74) is 1.10. The molecule has 0 radical (unpaired) electrons. The molecular formula is C13H17N3O. The number of ether oxygens (including phenoxy) is 1. The molecule has 2 aromatic heterocycles. The normalized spacial score (nSPS) is 21.2. The van der Waals surface area contributed by atoms with Crippen LogP contribution in [0.2, 0.25) is 0 Å². The number of imidazole rings is 1. The molecule has 3 rings (SSSR count). The highest BCUT2D eigenvalue weighted by Crippen LogP contribution is 2.30. The second kappa shape index (κ2) is 4.04. The highest BCUT2D eigenvalue weighted by atomic mass is 16.5. The van der Waals surface area contributed by atoms with Gasteiger partial charge in [0, 0.05) is 12.3 Å². The summed E-state index contributed by atoms with van der Waals surface area (Å²) in [6.07, 6.45) is 6.42. The third kappa shape index (κ3) is 1.69. The number of fused-ring (bicyclic) bond motifs is 1. The maximum absolute atomic E-state index is 5.23. The summed E-state index contributed by atoms with van der Waals surface area (Å²) in [5.74, 6) is 2.02. The minimum Gasteiger partial charge on any atom is -0.497 e. The summed E-state index contributed by atoms with van der Waals surface area (Å²) in [6.45, 7) is 1.16. The van der Waals surface area contributed by atoms with E-state index in [1.165, 1.54) is 12.8 Å². The summed E-state index contributed by atoms with van der Waals surface area (Å²) in [7, 11) is 3.86. The van der Waals surface area contributed by atoms with Crippen molar-refractivity contribution >= 4 is 5.52 Å². The van der Waals surface area contributed by atoms with Crippen molar-refractivity contribution in [2.75, 3.05) is 20.7 Å². The molecule has 1 unspecified atom stereocenters. The Labute approximate surface area is 101 Å². The minimum absolute atomic E-state index is 0.450. The Balaban J connectivity index is 2.06. The molecule has 0 aliphatic carbocycles. The molecule has 4 heteroatoms. The summed E-state index contributed by atoms with van der Waals surface area (Å²) in [4.78, 5) is 6.94. The minimum atomic E-state index is 0.450. The number of likely N-dealkylation sites (tertiary alicyclic amines) is 1. The molecule has 0 spiro atoms. The van der Waals surface area contributed by atoms with Crippen LogP contribution in [0.3, 0.4) is 0 Å². The molecule has 0 amide bonds. The lowest BCUT2D eigenvalue weighted by Gasteiger charge is -2.18. The van der Waals surface area contributed by atoms with Gasteiger partial charge in [-0.1, -0.05) is 0 Å². The first-order valence-electron chi connectivity index (χ1n) is 6.01. The van der Waals surface area contributed by atoms with Gasteiger partial charge in [0.25, 0.3) is 0 Å². The molecule has 1 atom stereocenters. The Morgan fingerprint density at radius 3 is 3.06 bits per heavy atom. The number of aromatic nitrogens is 2. The Kier molecular flexibility index (Phi) is 2.52. The van der Waals surface area contributed by atoms with Gasteiger partial charge in [-0.05, 0) is 32.5 Å². The number of nitrogens with zero attached hydrogens (tertiary/aromatic N) is 3. The van der Waals surface area contributed by atoms with E-state index < -0.39 is 0 Å². The van der Waals surface area contributed by atoms with Crippen molar-refractivity contribution in [3.05, 3.63) is 30.4 Å². The Morgan fingerprint density at radius 2 is 2.35 bits per heavy atom. The van der Waals surface area contributed by atoms with E-state index in [4.69, 9.17) is 4.74 Å². The SMILES string of the molecule is COc1ccn2c(C3CCCN3C)ncc2c1. The second-order valence-electron chi connectivity index (χ2n) is 4.62. The van der Waals surface area contributed by atoms with Crippen LogP contribution >= 0.6 is 0 Å². The smallest absolute Gasteiger partial charge is 0.130 e. The molecule has 2 aromatic rings. The van der Waals surface area contributed by atoms with Gasteiger partial charge in [-0.2, -0.15) is 0 Å². The summed E-state index contributed by atoms with van der Waals surface area (Å²) in [5, 5.41) is 0. The largest absolute Gasteiger partial charge is 0.497 e. The third-order valence-electron chi connectivity index (χ3n) is 3.59. The van der Waals surface area contributed by atoms with Crippen LogP contribution in [0, 0.1) is 0 Å². The highest BCUT2D eigenvalue weighted by molar-refractivity contribution is 5.50. The number of pyridine rings is 1. The summed E-state index contributed by atoms with van der Waals surface area (Å²) in [6, 6.07) is 4.45. The van der Waals surface area contributed by atoms with Crippen LogP contribution in [-0.2, 0) is 0 Å². The van der Waals surface area contributed by atoms with Crippen molar-refractivity contribution in [2.24, 2.45) is 0 Å². The van der Waals surface area contributed by atoms with Crippen LogP contribution in [0.1, 0.15) is 24.7 Å². The quantitative estimate of drug-likeness (QED) is 0.793. The monoisotopic (exact) mass is 231 g/mol. The molecule has 0 aromatic carbocycles. The van der Waals surface area contributed by atoms with Crippen LogP contribution in [0.25, 0.3) is 5.52 Å². The van der Waals surface area contributed by atoms with Crippen molar-refractivity contribution in [1.29, 1.82) is 0 Å². The average Bonchev–Trinajstić information content (AvgIpc) is 2.94. The molecule has 0 saturated carbocycles. The molecular weight excluding hydrogens is 214 g/mol. The third-order valence-corrected chi connectivity index (χ3v) is 3.59. The van der Waals surface area contributed by atoms with Crippen LogP contribution < -0.4 is 4.74 Å². The van der Waals surface area contributed by atoms with E-state index in [0.717, 1.165) is 23.6 Å². The van der Waals surface area contributed by atoms with E-state index in [9.17, 15) is 0 Å². The van der Waals surface area contributed by atoms with Crippen molar-refractivity contribution in [3.8, 4) is 5.75 Å². The second-order valence-corrected chi connectivity index (χ2v) is 4.62. The van der Waals surface area contributed by atoms with Gasteiger partial charge in [-0.25, -0.2) is 4.98 Å². The first kappa shape index (κ1) is 10.6. The van der Waals surface area contributed by atoms with Crippen LogP contribution in [0.4, 0.5) is 0 Å². The van der Waals surface area contributed by atoms with Gasteiger partial charge in [0.15, 0.2) is 0 Å². The lowest BCUT2D eigenvalue weighted by atomic mass is 10.2. The zero-order valence-corrected chi connectivity index (χ0v) is 10.3. The Hall–Kier alpha value is -1.55. The zero-order chi connectivity index (χ0) is 11.8. The van der Waals surface area contributed by atoms with Gasteiger partial charge >= 0.3 is 0 Å². The van der Waals surface area contributed by atoms with Gasteiger partial charge in [-0.3, -0.25) is 4.90 Å². The predicted molar refractivity (Wildman–Crippen MR) is 66.3 cm³/mol. The molecule has 0 N–H and O–H groups in total. The van der Waals surface area contributed by atoms with Gasteiger partial charge < -0.3 is 9.14 Å². The van der Waals surface area contributed by atoms with Crippen molar-refractivity contribution < 1.29 is 4.74 Å². The number of methoxy groups -OCH3 is 1. The molecule has 1 aliphatic rings. The fourth-order valence-electron chi connectivity index (χ4n) is 2.61. The first-order valence-corrected chi connectivity index (χ1v) is 6.01. The van der Waals surface area contributed by atoms with Crippen molar-refractivity contribution in [2.45, 2.75) is 18.9 Å². The molecule has 1 fully saturated rings. The lowest BCUT2D eigenvalue weighted by molar-refractivity contribution is 0.305. The Morgan fingerprint density at radius 1 is 1.47 bits per heavy atom. The topological polar surface area (TPSA) is 29.8 Å². The molecule has 1 saturated heterocycles. The Bertz CT molecular complexity index is 534. The number of hydrogen-bond donors (Lipinski definition) is 0. The maximum atomic E-state index is 5.23. The highest BCUT2D eigenvalue weighted by Gasteiger charge is 2.26. The molecule has 0 bridgehead atoms. The summed E-state index contributed by atoms with van der Waals surface area (Å²) < 4.78 is 7.39. The fourth-order valence-corrected chi connectivity index (χ4v) is 2.61. The number of hydrogen-bond acceptors (Lipinski definition) is 3. The molecule has 90 valence electrons. The molecule has 17 heavy (non-hydrogen) atoms. The lowest BCUT2D eigenvalue weighted by Crippen LogP contribution is -2.19. The van der Waals surface area contributed by atoms with E-state index >= 15 is 0 Å².